The summed E-state index contributed by atoms with van der Waals surface area (Å²) >= 11 is 5.94. The van der Waals surface area contributed by atoms with Gasteiger partial charge in [-0.25, -0.2) is 9.97 Å². The fourth-order valence-corrected chi connectivity index (χ4v) is 2.73. The van der Waals surface area contributed by atoms with Gasteiger partial charge >= 0.3 is 0 Å². The summed E-state index contributed by atoms with van der Waals surface area (Å²) in [6.45, 7) is 3.94. The van der Waals surface area contributed by atoms with Gasteiger partial charge in [0.1, 0.15) is 17.9 Å². The number of imidazole rings is 1. The third kappa shape index (κ3) is 4.21. The number of aryl methyl sites for hydroxylation is 1. The van der Waals surface area contributed by atoms with E-state index in [1.54, 1.807) is 48.4 Å². The lowest BCUT2D eigenvalue weighted by molar-refractivity contribution is -0.127. The van der Waals surface area contributed by atoms with Crippen LogP contribution in [-0.2, 0) is 11.3 Å². The van der Waals surface area contributed by atoms with Crippen molar-refractivity contribution in [2.75, 3.05) is 0 Å². The van der Waals surface area contributed by atoms with Crippen LogP contribution in [0.1, 0.15) is 18.1 Å². The Morgan fingerprint density at radius 1 is 1.35 bits per heavy atom. The molecule has 0 bridgehead atoms. The molecule has 7 heteroatoms. The molecule has 1 atom stereocenters. The van der Waals surface area contributed by atoms with Gasteiger partial charge in [0.15, 0.2) is 6.10 Å². The van der Waals surface area contributed by atoms with E-state index < -0.39 is 6.10 Å². The molecule has 0 saturated heterocycles. The molecule has 2 heterocycles. The van der Waals surface area contributed by atoms with Gasteiger partial charge in [0, 0.05) is 35.7 Å². The van der Waals surface area contributed by atoms with Crippen LogP contribution in [0, 0.1) is 6.92 Å². The van der Waals surface area contributed by atoms with E-state index in [9.17, 15) is 4.79 Å². The smallest absolute Gasteiger partial charge is 0.261 e. The zero-order valence-corrected chi connectivity index (χ0v) is 15.3. The van der Waals surface area contributed by atoms with Crippen molar-refractivity contribution in [1.29, 1.82) is 0 Å². The molecule has 2 aromatic heterocycles. The lowest BCUT2D eigenvalue weighted by atomic mass is 10.2. The van der Waals surface area contributed by atoms with Crippen molar-refractivity contribution in [3.8, 4) is 11.6 Å². The molecular weight excluding hydrogens is 352 g/mol. The van der Waals surface area contributed by atoms with Gasteiger partial charge in [-0.2, -0.15) is 0 Å². The van der Waals surface area contributed by atoms with Crippen LogP contribution in [0.4, 0.5) is 0 Å². The molecule has 6 nitrogen and oxygen atoms in total. The third-order valence-corrected chi connectivity index (χ3v) is 4.11. The van der Waals surface area contributed by atoms with Crippen molar-refractivity contribution in [1.82, 2.24) is 19.9 Å². The Morgan fingerprint density at radius 2 is 2.19 bits per heavy atom. The van der Waals surface area contributed by atoms with Gasteiger partial charge in [-0.15, -0.1) is 0 Å². The van der Waals surface area contributed by atoms with Gasteiger partial charge in [-0.3, -0.25) is 9.36 Å². The molecule has 0 fully saturated rings. The molecule has 0 aliphatic rings. The molecule has 1 unspecified atom stereocenters. The van der Waals surface area contributed by atoms with E-state index in [2.05, 4.69) is 15.3 Å². The van der Waals surface area contributed by atoms with Crippen LogP contribution in [0.5, 0.6) is 5.75 Å². The van der Waals surface area contributed by atoms with Crippen LogP contribution in [0.25, 0.3) is 5.82 Å². The molecule has 3 aromatic rings. The molecule has 0 aliphatic heterocycles. The highest BCUT2D eigenvalue weighted by Crippen LogP contribution is 2.22. The van der Waals surface area contributed by atoms with Gasteiger partial charge in [0.25, 0.3) is 5.91 Å². The van der Waals surface area contributed by atoms with E-state index in [0.717, 1.165) is 16.9 Å². The number of nitrogens with one attached hydrogen (secondary N) is 1. The normalized spacial score (nSPS) is 11.8. The summed E-state index contributed by atoms with van der Waals surface area (Å²) in [5, 5.41) is 3.52. The average molecular weight is 371 g/mol. The van der Waals surface area contributed by atoms with Crippen LogP contribution in [0.2, 0.25) is 5.02 Å². The number of nitrogens with zero attached hydrogens (tertiary/aromatic N) is 3. The van der Waals surface area contributed by atoms with Gasteiger partial charge in [-0.1, -0.05) is 17.7 Å². The molecule has 26 heavy (non-hydrogen) atoms. The zero-order chi connectivity index (χ0) is 18.5. The zero-order valence-electron chi connectivity index (χ0n) is 14.5. The first-order valence-electron chi connectivity index (χ1n) is 8.17. The number of hydrogen-bond donors (Lipinski definition) is 1. The highest BCUT2D eigenvalue weighted by molar-refractivity contribution is 6.30. The number of rotatable bonds is 6. The van der Waals surface area contributed by atoms with Crippen molar-refractivity contribution in [2.24, 2.45) is 0 Å². The van der Waals surface area contributed by atoms with E-state index in [1.165, 1.54) is 0 Å². The Balaban J connectivity index is 1.64. The predicted octanol–water partition coefficient (Wildman–Crippen LogP) is 3.31. The first-order chi connectivity index (χ1) is 12.5. The summed E-state index contributed by atoms with van der Waals surface area (Å²) in [5.74, 6) is 1.16. The maximum absolute atomic E-state index is 12.4. The minimum Gasteiger partial charge on any atom is -0.481 e. The van der Waals surface area contributed by atoms with Crippen LogP contribution >= 0.6 is 11.6 Å². The second-order valence-corrected chi connectivity index (χ2v) is 6.28. The molecular formula is C19H19ClN4O2. The quantitative estimate of drug-likeness (QED) is 0.722. The Labute approximate surface area is 156 Å². The molecule has 0 radical (unpaired) electrons. The average Bonchev–Trinajstić information content (AvgIpc) is 3.16. The second kappa shape index (κ2) is 8.01. The van der Waals surface area contributed by atoms with E-state index >= 15 is 0 Å². The van der Waals surface area contributed by atoms with E-state index in [-0.39, 0.29) is 5.91 Å². The summed E-state index contributed by atoms with van der Waals surface area (Å²) in [7, 11) is 0. The molecule has 1 amide bonds. The van der Waals surface area contributed by atoms with Gasteiger partial charge < -0.3 is 10.1 Å². The van der Waals surface area contributed by atoms with Crippen molar-refractivity contribution in [3.63, 3.8) is 0 Å². The van der Waals surface area contributed by atoms with Crippen LogP contribution in [0.15, 0.2) is 55.2 Å². The maximum Gasteiger partial charge on any atom is 0.261 e. The van der Waals surface area contributed by atoms with Crippen molar-refractivity contribution >= 4 is 17.5 Å². The topological polar surface area (TPSA) is 69.0 Å². The summed E-state index contributed by atoms with van der Waals surface area (Å²) in [4.78, 5) is 20.8. The van der Waals surface area contributed by atoms with Gasteiger partial charge in [0.05, 0.1) is 0 Å². The minimum atomic E-state index is -0.636. The SMILES string of the molecule is Cc1cc(Cl)ccc1OC(C)C(=O)NCc1cccnc1-n1ccnc1. The summed E-state index contributed by atoms with van der Waals surface area (Å²) in [5.41, 5.74) is 1.76. The lowest BCUT2D eigenvalue weighted by Gasteiger charge is -2.17. The number of amides is 1. The van der Waals surface area contributed by atoms with Crippen molar-refractivity contribution in [3.05, 3.63) is 71.4 Å². The highest BCUT2D eigenvalue weighted by atomic mass is 35.5. The standard InChI is InChI=1S/C19H19ClN4O2/c1-13-10-16(20)5-6-17(13)26-14(2)19(25)23-11-15-4-3-7-22-18(15)24-9-8-21-12-24/h3-10,12,14H,11H2,1-2H3,(H,23,25). The predicted molar refractivity (Wildman–Crippen MR) is 99.5 cm³/mol. The molecule has 0 spiro atoms. The number of carbonyl (C=O) groups excluding carboxylic acids is 1. The number of hydrogen-bond acceptors (Lipinski definition) is 4. The number of carbonyl (C=O) groups is 1. The molecule has 0 saturated carbocycles. The maximum atomic E-state index is 12.4. The Hall–Kier alpha value is -2.86. The molecule has 3 rings (SSSR count). The largest absolute Gasteiger partial charge is 0.481 e. The van der Waals surface area contributed by atoms with Crippen LogP contribution in [0.3, 0.4) is 0 Å². The second-order valence-electron chi connectivity index (χ2n) is 5.84. The van der Waals surface area contributed by atoms with Crippen molar-refractivity contribution < 1.29 is 9.53 Å². The monoisotopic (exact) mass is 370 g/mol. The fourth-order valence-electron chi connectivity index (χ4n) is 2.50. The first kappa shape index (κ1) is 17.9. The number of aromatic nitrogens is 3. The Morgan fingerprint density at radius 3 is 2.92 bits per heavy atom. The Bertz CT molecular complexity index is 896. The number of pyridine rings is 1. The molecule has 1 aromatic carbocycles. The number of benzene rings is 1. The van der Waals surface area contributed by atoms with Crippen molar-refractivity contribution in [2.45, 2.75) is 26.5 Å². The number of halogens is 1. The van der Waals surface area contributed by atoms with Gasteiger partial charge in [-0.05, 0) is 43.7 Å². The first-order valence-corrected chi connectivity index (χ1v) is 8.55. The van der Waals surface area contributed by atoms with Gasteiger partial charge in [0.2, 0.25) is 0 Å². The fraction of sp³-hybridized carbons (Fsp3) is 0.211. The Kier molecular flexibility index (Phi) is 5.53. The van der Waals surface area contributed by atoms with E-state index in [0.29, 0.717) is 17.3 Å². The highest BCUT2D eigenvalue weighted by Gasteiger charge is 2.16. The molecule has 1 N–H and O–H groups in total. The van der Waals surface area contributed by atoms with Crippen LogP contribution < -0.4 is 10.1 Å². The lowest BCUT2D eigenvalue weighted by Crippen LogP contribution is -2.36. The molecule has 134 valence electrons. The summed E-state index contributed by atoms with van der Waals surface area (Å²) in [6.07, 6.45) is 6.23. The summed E-state index contributed by atoms with van der Waals surface area (Å²) < 4.78 is 7.56. The third-order valence-electron chi connectivity index (χ3n) is 3.88. The molecule has 0 aliphatic carbocycles. The van der Waals surface area contributed by atoms with E-state index in [4.69, 9.17) is 16.3 Å². The number of ether oxygens (including phenoxy) is 1. The van der Waals surface area contributed by atoms with Crippen LogP contribution in [-0.4, -0.2) is 26.5 Å². The summed E-state index contributed by atoms with van der Waals surface area (Å²) in [6, 6.07) is 9.05. The minimum absolute atomic E-state index is 0.209. The van der Waals surface area contributed by atoms with E-state index in [1.807, 2.05) is 25.3 Å².